The minimum absolute atomic E-state index is 0.198. The SMILES string of the molecule is CC1(C)CN(Cc2cnsn2)CCC1Cl. The predicted molar refractivity (Wildman–Crippen MR) is 63.2 cm³/mol. The number of alkyl halides is 1. The van der Waals surface area contributed by atoms with Crippen LogP contribution in [0.5, 0.6) is 0 Å². The van der Waals surface area contributed by atoms with Crippen molar-refractivity contribution >= 4 is 23.3 Å². The molecule has 0 aromatic carbocycles. The second-order valence-corrected chi connectivity index (χ2v) is 5.94. The lowest BCUT2D eigenvalue weighted by Crippen LogP contribution is -2.46. The van der Waals surface area contributed by atoms with Crippen LogP contribution in [0.1, 0.15) is 26.0 Å². The molecule has 84 valence electrons. The van der Waals surface area contributed by atoms with Gasteiger partial charge in [0.05, 0.1) is 23.6 Å². The van der Waals surface area contributed by atoms with Crippen LogP contribution in [0.4, 0.5) is 0 Å². The standard InChI is InChI=1S/C10H16ClN3S/c1-10(2)7-14(4-3-9(10)11)6-8-5-12-15-13-8/h5,9H,3-4,6-7H2,1-2H3. The fourth-order valence-corrected chi connectivity index (χ4v) is 2.65. The summed E-state index contributed by atoms with van der Waals surface area (Å²) in [4.78, 5) is 2.41. The van der Waals surface area contributed by atoms with E-state index in [1.54, 1.807) is 0 Å². The van der Waals surface area contributed by atoms with Crippen molar-refractivity contribution in [1.82, 2.24) is 13.6 Å². The molecule has 1 aliphatic rings. The Labute approximate surface area is 99.8 Å². The van der Waals surface area contributed by atoms with Gasteiger partial charge in [0.15, 0.2) is 0 Å². The maximum atomic E-state index is 6.30. The molecule has 1 unspecified atom stereocenters. The third-order valence-electron chi connectivity index (χ3n) is 2.97. The van der Waals surface area contributed by atoms with E-state index in [4.69, 9.17) is 11.6 Å². The van der Waals surface area contributed by atoms with E-state index in [0.717, 1.165) is 31.7 Å². The van der Waals surface area contributed by atoms with E-state index in [2.05, 4.69) is 27.5 Å². The fourth-order valence-electron chi connectivity index (χ4n) is 2.06. The fraction of sp³-hybridized carbons (Fsp3) is 0.800. The number of hydrogen-bond acceptors (Lipinski definition) is 4. The van der Waals surface area contributed by atoms with Crippen molar-refractivity contribution in [3.05, 3.63) is 11.9 Å². The minimum Gasteiger partial charge on any atom is -0.297 e. The summed E-state index contributed by atoms with van der Waals surface area (Å²) in [6, 6.07) is 0. The van der Waals surface area contributed by atoms with Crippen LogP contribution in [-0.4, -0.2) is 32.1 Å². The Hall–Kier alpha value is -0.190. The van der Waals surface area contributed by atoms with Gasteiger partial charge in [-0.2, -0.15) is 8.75 Å². The molecule has 1 aromatic heterocycles. The molecule has 0 saturated carbocycles. The number of hydrogen-bond donors (Lipinski definition) is 0. The van der Waals surface area contributed by atoms with E-state index in [-0.39, 0.29) is 5.41 Å². The molecule has 1 atom stereocenters. The molecule has 3 nitrogen and oxygen atoms in total. The molecule has 15 heavy (non-hydrogen) atoms. The summed E-state index contributed by atoms with van der Waals surface area (Å²) in [6.07, 6.45) is 2.91. The Morgan fingerprint density at radius 2 is 2.47 bits per heavy atom. The summed E-state index contributed by atoms with van der Waals surface area (Å²) < 4.78 is 8.25. The van der Waals surface area contributed by atoms with Gasteiger partial charge in [-0.05, 0) is 18.4 Å². The van der Waals surface area contributed by atoms with Crippen LogP contribution in [0.25, 0.3) is 0 Å². The van der Waals surface area contributed by atoms with Crippen LogP contribution in [0.3, 0.4) is 0 Å². The van der Waals surface area contributed by atoms with Gasteiger partial charge in [0.1, 0.15) is 0 Å². The van der Waals surface area contributed by atoms with E-state index in [0.29, 0.717) is 5.38 Å². The van der Waals surface area contributed by atoms with Crippen molar-refractivity contribution in [2.45, 2.75) is 32.2 Å². The molecule has 1 saturated heterocycles. The number of likely N-dealkylation sites (tertiary alicyclic amines) is 1. The second-order valence-electron chi connectivity index (χ2n) is 4.85. The first-order valence-electron chi connectivity index (χ1n) is 5.21. The molecule has 0 bridgehead atoms. The number of rotatable bonds is 2. The monoisotopic (exact) mass is 245 g/mol. The van der Waals surface area contributed by atoms with Crippen molar-refractivity contribution in [3.63, 3.8) is 0 Å². The molecular weight excluding hydrogens is 230 g/mol. The molecule has 0 radical (unpaired) electrons. The highest BCUT2D eigenvalue weighted by Gasteiger charge is 2.34. The molecule has 0 aliphatic carbocycles. The molecule has 1 fully saturated rings. The first-order chi connectivity index (χ1) is 7.08. The summed E-state index contributed by atoms with van der Waals surface area (Å²) in [5.74, 6) is 0. The Balaban J connectivity index is 1.95. The quantitative estimate of drug-likeness (QED) is 0.750. The highest BCUT2D eigenvalue weighted by atomic mass is 35.5. The van der Waals surface area contributed by atoms with Gasteiger partial charge in [0.2, 0.25) is 0 Å². The Kier molecular flexibility index (Phi) is 3.28. The zero-order valence-corrected chi connectivity index (χ0v) is 10.7. The van der Waals surface area contributed by atoms with Gasteiger partial charge in [0.25, 0.3) is 0 Å². The molecule has 0 amide bonds. The molecular formula is C10H16ClN3S. The van der Waals surface area contributed by atoms with Gasteiger partial charge in [-0.15, -0.1) is 11.6 Å². The molecule has 0 N–H and O–H groups in total. The van der Waals surface area contributed by atoms with Crippen LogP contribution in [-0.2, 0) is 6.54 Å². The lowest BCUT2D eigenvalue weighted by molar-refractivity contribution is 0.115. The van der Waals surface area contributed by atoms with Crippen molar-refractivity contribution < 1.29 is 0 Å². The average Bonchev–Trinajstić information content (AvgIpc) is 2.63. The lowest BCUT2D eigenvalue weighted by Gasteiger charge is -2.41. The van der Waals surface area contributed by atoms with Crippen LogP contribution in [0.2, 0.25) is 0 Å². The smallest absolute Gasteiger partial charge is 0.0883 e. The third kappa shape index (κ3) is 2.68. The molecule has 5 heteroatoms. The van der Waals surface area contributed by atoms with Gasteiger partial charge in [-0.3, -0.25) is 4.90 Å². The first-order valence-corrected chi connectivity index (χ1v) is 6.37. The summed E-state index contributed by atoms with van der Waals surface area (Å²) in [7, 11) is 0. The van der Waals surface area contributed by atoms with Crippen molar-refractivity contribution in [3.8, 4) is 0 Å². The highest BCUT2D eigenvalue weighted by Crippen LogP contribution is 2.33. The van der Waals surface area contributed by atoms with Gasteiger partial charge in [-0.1, -0.05) is 13.8 Å². The predicted octanol–water partition coefficient (Wildman–Crippen LogP) is 2.38. The van der Waals surface area contributed by atoms with E-state index < -0.39 is 0 Å². The summed E-state index contributed by atoms with van der Waals surface area (Å²) in [5.41, 5.74) is 1.27. The second kappa shape index (κ2) is 4.36. The van der Waals surface area contributed by atoms with Crippen LogP contribution in [0.15, 0.2) is 6.20 Å². The molecule has 2 heterocycles. The number of nitrogens with zero attached hydrogens (tertiary/aromatic N) is 3. The topological polar surface area (TPSA) is 29.0 Å². The van der Waals surface area contributed by atoms with Crippen molar-refractivity contribution in [1.29, 1.82) is 0 Å². The normalized spacial score (nSPS) is 26.7. The largest absolute Gasteiger partial charge is 0.297 e. The van der Waals surface area contributed by atoms with Crippen molar-refractivity contribution in [2.24, 2.45) is 5.41 Å². The van der Waals surface area contributed by atoms with E-state index in [1.807, 2.05) is 6.20 Å². The highest BCUT2D eigenvalue weighted by molar-refractivity contribution is 6.99. The maximum absolute atomic E-state index is 6.30. The zero-order valence-electron chi connectivity index (χ0n) is 9.11. The van der Waals surface area contributed by atoms with Gasteiger partial charge in [0, 0.05) is 18.5 Å². The van der Waals surface area contributed by atoms with E-state index in [9.17, 15) is 0 Å². The van der Waals surface area contributed by atoms with Gasteiger partial charge in [-0.25, -0.2) is 0 Å². The lowest BCUT2D eigenvalue weighted by atomic mass is 9.83. The van der Waals surface area contributed by atoms with E-state index in [1.165, 1.54) is 11.7 Å². The Morgan fingerprint density at radius 1 is 1.67 bits per heavy atom. The summed E-state index contributed by atoms with van der Waals surface area (Å²) >= 11 is 7.58. The van der Waals surface area contributed by atoms with Crippen LogP contribution in [0, 0.1) is 5.41 Å². The van der Waals surface area contributed by atoms with Crippen LogP contribution >= 0.6 is 23.3 Å². The molecule has 1 aliphatic heterocycles. The number of halogens is 1. The molecule has 2 rings (SSSR count). The number of aromatic nitrogens is 2. The average molecular weight is 246 g/mol. The summed E-state index contributed by atoms with van der Waals surface area (Å²) in [5, 5.41) is 0.294. The number of piperidine rings is 1. The molecule has 1 aromatic rings. The Bertz CT molecular complexity index is 312. The molecule has 0 spiro atoms. The zero-order chi connectivity index (χ0) is 10.9. The van der Waals surface area contributed by atoms with Gasteiger partial charge < -0.3 is 0 Å². The van der Waals surface area contributed by atoms with Gasteiger partial charge >= 0.3 is 0 Å². The maximum Gasteiger partial charge on any atom is 0.0883 e. The third-order valence-corrected chi connectivity index (χ3v) is 4.30. The summed E-state index contributed by atoms with van der Waals surface area (Å²) in [6.45, 7) is 7.48. The van der Waals surface area contributed by atoms with Crippen LogP contribution < -0.4 is 0 Å². The van der Waals surface area contributed by atoms with Crippen molar-refractivity contribution in [2.75, 3.05) is 13.1 Å². The Morgan fingerprint density at radius 3 is 3.07 bits per heavy atom. The van der Waals surface area contributed by atoms with E-state index >= 15 is 0 Å². The first kappa shape index (κ1) is 11.3. The minimum atomic E-state index is 0.198.